The molecule has 0 radical (unpaired) electrons. The van der Waals surface area contributed by atoms with Crippen LogP contribution in [0.15, 0.2) is 24.3 Å². The zero-order valence-electron chi connectivity index (χ0n) is 11.3. The summed E-state index contributed by atoms with van der Waals surface area (Å²) in [6.07, 6.45) is 2.54. The Kier molecular flexibility index (Phi) is 4.91. The second-order valence-corrected chi connectivity index (χ2v) is 5.38. The van der Waals surface area contributed by atoms with Crippen LogP contribution in [-0.2, 0) is 0 Å². The highest BCUT2D eigenvalue weighted by atomic mass is 19.1. The van der Waals surface area contributed by atoms with Crippen LogP contribution in [0.25, 0.3) is 0 Å². The molecule has 0 amide bonds. The minimum atomic E-state index is -0.643. The first-order chi connectivity index (χ1) is 9.11. The van der Waals surface area contributed by atoms with Crippen LogP contribution in [0.2, 0.25) is 0 Å². The van der Waals surface area contributed by atoms with Crippen molar-refractivity contribution < 1.29 is 14.6 Å². The standard InChI is InChI=1S/C15H22FNO2/c1-11-3-2-4-14(10-18)17(11)9-15(19)12-5-7-13(16)8-6-12/h5-8,11,14-15,18-19H,2-4,9-10H2,1H3. The average Bonchev–Trinajstić information content (AvgIpc) is 2.41. The molecule has 0 aromatic heterocycles. The number of likely N-dealkylation sites (tertiary alicyclic amines) is 1. The predicted octanol–water partition coefficient (Wildman–Crippen LogP) is 2.09. The van der Waals surface area contributed by atoms with E-state index in [1.165, 1.54) is 12.1 Å². The Morgan fingerprint density at radius 3 is 2.63 bits per heavy atom. The molecule has 1 aliphatic heterocycles. The highest BCUT2D eigenvalue weighted by molar-refractivity contribution is 5.18. The normalized spacial score (nSPS) is 26.3. The Morgan fingerprint density at radius 1 is 1.32 bits per heavy atom. The van der Waals surface area contributed by atoms with E-state index in [9.17, 15) is 14.6 Å². The lowest BCUT2D eigenvalue weighted by atomic mass is 9.95. The first-order valence-corrected chi connectivity index (χ1v) is 6.92. The van der Waals surface area contributed by atoms with Crippen molar-refractivity contribution in [2.45, 2.75) is 44.4 Å². The van der Waals surface area contributed by atoms with Crippen LogP contribution in [0.1, 0.15) is 37.9 Å². The lowest BCUT2D eigenvalue weighted by Crippen LogP contribution is -2.48. The van der Waals surface area contributed by atoms with E-state index in [0.717, 1.165) is 24.8 Å². The number of nitrogens with zero attached hydrogens (tertiary/aromatic N) is 1. The van der Waals surface area contributed by atoms with Crippen molar-refractivity contribution in [2.24, 2.45) is 0 Å². The van der Waals surface area contributed by atoms with Gasteiger partial charge in [0.1, 0.15) is 5.82 Å². The lowest BCUT2D eigenvalue weighted by Gasteiger charge is -2.40. The van der Waals surface area contributed by atoms with Crippen LogP contribution in [0.5, 0.6) is 0 Å². The van der Waals surface area contributed by atoms with Crippen LogP contribution >= 0.6 is 0 Å². The molecule has 3 atom stereocenters. The number of hydrogen-bond donors (Lipinski definition) is 2. The summed E-state index contributed by atoms with van der Waals surface area (Å²) in [5.41, 5.74) is 0.718. The molecule has 1 saturated heterocycles. The molecule has 2 rings (SSSR count). The highest BCUT2D eigenvalue weighted by Crippen LogP contribution is 2.25. The third-order valence-electron chi connectivity index (χ3n) is 4.04. The number of aliphatic hydroxyl groups excluding tert-OH is 2. The van der Waals surface area contributed by atoms with Gasteiger partial charge < -0.3 is 10.2 Å². The summed E-state index contributed by atoms with van der Waals surface area (Å²) >= 11 is 0. The van der Waals surface area contributed by atoms with E-state index >= 15 is 0 Å². The van der Waals surface area contributed by atoms with Gasteiger partial charge in [0.15, 0.2) is 0 Å². The molecule has 0 aliphatic carbocycles. The van der Waals surface area contributed by atoms with Crippen molar-refractivity contribution in [2.75, 3.05) is 13.2 Å². The van der Waals surface area contributed by atoms with Gasteiger partial charge in [-0.1, -0.05) is 18.6 Å². The quantitative estimate of drug-likeness (QED) is 0.878. The molecule has 106 valence electrons. The fraction of sp³-hybridized carbons (Fsp3) is 0.600. The maximum absolute atomic E-state index is 12.9. The minimum absolute atomic E-state index is 0.124. The molecule has 3 nitrogen and oxygen atoms in total. The maximum Gasteiger partial charge on any atom is 0.123 e. The Bertz CT molecular complexity index is 396. The summed E-state index contributed by atoms with van der Waals surface area (Å²) in [5, 5.41) is 19.7. The van der Waals surface area contributed by atoms with Gasteiger partial charge in [0, 0.05) is 18.6 Å². The number of aliphatic hydroxyl groups is 2. The molecule has 19 heavy (non-hydrogen) atoms. The van der Waals surface area contributed by atoms with Gasteiger partial charge in [-0.2, -0.15) is 0 Å². The van der Waals surface area contributed by atoms with Gasteiger partial charge in [-0.15, -0.1) is 0 Å². The molecule has 0 spiro atoms. The topological polar surface area (TPSA) is 43.7 Å². The monoisotopic (exact) mass is 267 g/mol. The Balaban J connectivity index is 2.03. The van der Waals surface area contributed by atoms with Crippen molar-refractivity contribution in [3.8, 4) is 0 Å². The van der Waals surface area contributed by atoms with E-state index in [1.807, 2.05) is 0 Å². The second-order valence-electron chi connectivity index (χ2n) is 5.38. The molecule has 3 unspecified atom stereocenters. The number of rotatable bonds is 4. The SMILES string of the molecule is CC1CCCC(CO)N1CC(O)c1ccc(F)cc1. The predicted molar refractivity (Wildman–Crippen MR) is 72.3 cm³/mol. The summed E-state index contributed by atoms with van der Waals surface area (Å²) < 4.78 is 12.9. The van der Waals surface area contributed by atoms with E-state index in [4.69, 9.17) is 0 Å². The number of halogens is 1. The summed E-state index contributed by atoms with van der Waals surface area (Å²) in [4.78, 5) is 2.16. The molecule has 1 heterocycles. The summed E-state index contributed by atoms with van der Waals surface area (Å²) in [5.74, 6) is -0.296. The molecule has 0 saturated carbocycles. The second kappa shape index (κ2) is 6.46. The lowest BCUT2D eigenvalue weighted by molar-refractivity contribution is 0.0118. The van der Waals surface area contributed by atoms with E-state index < -0.39 is 6.10 Å². The minimum Gasteiger partial charge on any atom is -0.395 e. The number of piperidine rings is 1. The Labute approximate surface area is 113 Å². The molecule has 4 heteroatoms. The number of β-amino-alcohol motifs (C(OH)–C–C–N with tert-alkyl or cyclic N) is 1. The number of benzene rings is 1. The van der Waals surface area contributed by atoms with E-state index in [1.54, 1.807) is 12.1 Å². The van der Waals surface area contributed by atoms with Gasteiger partial charge in [0.25, 0.3) is 0 Å². The van der Waals surface area contributed by atoms with E-state index in [0.29, 0.717) is 12.6 Å². The Morgan fingerprint density at radius 2 is 2.00 bits per heavy atom. The van der Waals surface area contributed by atoms with Crippen LogP contribution in [0, 0.1) is 5.82 Å². The van der Waals surface area contributed by atoms with Crippen molar-refractivity contribution in [3.63, 3.8) is 0 Å². The van der Waals surface area contributed by atoms with Gasteiger partial charge >= 0.3 is 0 Å². The van der Waals surface area contributed by atoms with Crippen LogP contribution in [-0.4, -0.2) is 40.3 Å². The highest BCUT2D eigenvalue weighted by Gasteiger charge is 2.29. The first kappa shape index (κ1) is 14.4. The molecule has 1 aromatic carbocycles. The Hall–Kier alpha value is -0.970. The zero-order chi connectivity index (χ0) is 13.8. The third-order valence-corrected chi connectivity index (χ3v) is 4.04. The summed E-state index contributed by atoms with van der Waals surface area (Å²) in [6.45, 7) is 2.73. The van der Waals surface area contributed by atoms with Crippen LogP contribution < -0.4 is 0 Å². The largest absolute Gasteiger partial charge is 0.395 e. The van der Waals surface area contributed by atoms with Gasteiger partial charge in [-0.25, -0.2) is 4.39 Å². The van der Waals surface area contributed by atoms with E-state index in [-0.39, 0.29) is 18.5 Å². The number of hydrogen-bond acceptors (Lipinski definition) is 3. The maximum atomic E-state index is 12.9. The van der Waals surface area contributed by atoms with Crippen molar-refractivity contribution in [1.29, 1.82) is 0 Å². The first-order valence-electron chi connectivity index (χ1n) is 6.92. The summed E-state index contributed by atoms with van der Waals surface area (Å²) in [7, 11) is 0. The van der Waals surface area contributed by atoms with Crippen molar-refractivity contribution in [1.82, 2.24) is 4.90 Å². The molecule has 0 bridgehead atoms. The third kappa shape index (κ3) is 3.53. The molecule has 2 N–H and O–H groups in total. The zero-order valence-corrected chi connectivity index (χ0v) is 11.3. The molecular weight excluding hydrogens is 245 g/mol. The van der Waals surface area contributed by atoms with Crippen LogP contribution in [0.4, 0.5) is 4.39 Å². The van der Waals surface area contributed by atoms with Gasteiger partial charge in [0.05, 0.1) is 12.7 Å². The smallest absolute Gasteiger partial charge is 0.123 e. The molecule has 1 fully saturated rings. The average molecular weight is 267 g/mol. The van der Waals surface area contributed by atoms with E-state index in [2.05, 4.69) is 11.8 Å². The fourth-order valence-electron chi connectivity index (χ4n) is 2.86. The molecular formula is C15H22FNO2. The van der Waals surface area contributed by atoms with Crippen molar-refractivity contribution >= 4 is 0 Å². The summed E-state index contributed by atoms with van der Waals surface area (Å²) in [6, 6.07) is 6.44. The van der Waals surface area contributed by atoms with Gasteiger partial charge in [-0.3, -0.25) is 4.90 Å². The van der Waals surface area contributed by atoms with Gasteiger partial charge in [0.2, 0.25) is 0 Å². The molecule has 1 aromatic rings. The van der Waals surface area contributed by atoms with Crippen molar-refractivity contribution in [3.05, 3.63) is 35.6 Å². The van der Waals surface area contributed by atoms with Gasteiger partial charge in [-0.05, 0) is 37.5 Å². The fourth-order valence-corrected chi connectivity index (χ4v) is 2.86. The molecule has 1 aliphatic rings. The van der Waals surface area contributed by atoms with Crippen LogP contribution in [0.3, 0.4) is 0 Å².